The number of hydrogen-bond donors (Lipinski definition) is 2. The molecular weight excluding hydrogens is 645 g/mol. The summed E-state index contributed by atoms with van der Waals surface area (Å²) >= 11 is 15.0. The van der Waals surface area contributed by atoms with Crippen molar-refractivity contribution in [2.45, 2.75) is 49.3 Å². The molecule has 2 bridgehead atoms. The minimum Gasteiger partial charge on any atom is -0.326 e. The van der Waals surface area contributed by atoms with Crippen LogP contribution in [-0.2, 0) is 24.1 Å². The number of hydrogen-bond acceptors (Lipinski definition) is 4. The van der Waals surface area contributed by atoms with Crippen LogP contribution in [0.25, 0.3) is 0 Å². The van der Waals surface area contributed by atoms with Gasteiger partial charge in [0.15, 0.2) is 0 Å². The van der Waals surface area contributed by atoms with Gasteiger partial charge in [-0.25, -0.2) is 0 Å². The Kier molecular flexibility index (Phi) is 8.17. The molecule has 0 unspecified atom stereocenters. The first-order chi connectivity index (χ1) is 23.0. The number of carbonyl (C=O) groups excluding carboxylic acids is 4. The molecule has 1 fully saturated rings. The fourth-order valence-corrected chi connectivity index (χ4v) is 8.89. The molecule has 0 spiro atoms. The lowest BCUT2D eigenvalue weighted by molar-refractivity contribution is -0.140. The number of rotatable bonds is 9. The zero-order valence-electron chi connectivity index (χ0n) is 26.7. The lowest BCUT2D eigenvalue weighted by atomic mass is 9.54. The Morgan fingerprint density at radius 3 is 1.85 bits per heavy atom. The topological polar surface area (TPSA) is 95.6 Å². The van der Waals surface area contributed by atoms with Gasteiger partial charge in [0.1, 0.15) is 9.75 Å². The van der Waals surface area contributed by atoms with Crippen molar-refractivity contribution in [2.24, 2.45) is 11.8 Å². The molecule has 1 heterocycles. The van der Waals surface area contributed by atoms with Crippen LogP contribution in [0, 0.1) is 25.7 Å². The molecule has 0 radical (unpaired) electrons. The highest BCUT2D eigenvalue weighted by molar-refractivity contribution is 6.36. The Balaban J connectivity index is 0.954. The molecule has 4 aromatic rings. The Morgan fingerprint density at radius 1 is 0.708 bits per heavy atom. The standard InChI is InChI=1S/C39H35Cl2N3O4/c1-23-18-19-31(24(2)21-23)43-35(46)25-11-10-12-26(22-25)42-32(45)17-4-3-9-20-44-36(47)33-34(37(44)48)39(41)28-14-6-5-13-27(28)38(33,40)29-15-7-8-16-30(29)39/h5-8,10-16,18-19,21-22,33-34H,3-4,9,17,20H2,1-2H3,(H,42,45)(H,43,46)/t33-,34-,38?,39?/m1/s1. The second-order valence-corrected chi connectivity index (χ2v) is 14.2. The van der Waals surface area contributed by atoms with Crippen molar-refractivity contribution < 1.29 is 19.2 Å². The molecule has 0 saturated carbocycles. The summed E-state index contributed by atoms with van der Waals surface area (Å²) in [6.45, 7) is 4.17. The second kappa shape index (κ2) is 12.2. The summed E-state index contributed by atoms with van der Waals surface area (Å²) in [4.78, 5) is 52.5. The number of unbranched alkanes of at least 4 members (excludes halogenated alkanes) is 2. The van der Waals surface area contributed by atoms with Crippen molar-refractivity contribution in [3.05, 3.63) is 130 Å². The second-order valence-electron chi connectivity index (χ2n) is 13.0. The zero-order valence-corrected chi connectivity index (χ0v) is 28.2. The summed E-state index contributed by atoms with van der Waals surface area (Å²) in [5.41, 5.74) is 6.92. The van der Waals surface area contributed by atoms with Crippen LogP contribution in [0.2, 0.25) is 0 Å². The number of amides is 4. The maximum absolute atomic E-state index is 14.0. The summed E-state index contributed by atoms with van der Waals surface area (Å²) in [6.07, 6.45) is 2.00. The van der Waals surface area contributed by atoms with E-state index in [0.29, 0.717) is 30.5 Å². The summed E-state index contributed by atoms with van der Waals surface area (Å²) < 4.78 is 0. The lowest BCUT2D eigenvalue weighted by Gasteiger charge is -2.54. The molecule has 4 aromatic carbocycles. The molecule has 2 N–H and O–H groups in total. The van der Waals surface area contributed by atoms with Gasteiger partial charge in [-0.2, -0.15) is 0 Å². The summed E-state index contributed by atoms with van der Waals surface area (Å²) in [5.74, 6) is -2.65. The largest absolute Gasteiger partial charge is 0.326 e. The first-order valence-corrected chi connectivity index (χ1v) is 17.0. The van der Waals surface area contributed by atoms with Crippen molar-refractivity contribution >= 4 is 58.2 Å². The Labute approximate surface area is 289 Å². The van der Waals surface area contributed by atoms with Crippen molar-refractivity contribution in [1.82, 2.24) is 4.90 Å². The molecule has 3 aliphatic carbocycles. The van der Waals surface area contributed by atoms with Crippen LogP contribution < -0.4 is 10.6 Å². The maximum atomic E-state index is 14.0. The monoisotopic (exact) mass is 679 g/mol. The number of anilines is 2. The Morgan fingerprint density at radius 2 is 1.29 bits per heavy atom. The van der Waals surface area contributed by atoms with Crippen molar-refractivity contribution in [2.75, 3.05) is 17.2 Å². The van der Waals surface area contributed by atoms with Gasteiger partial charge in [-0.05, 0) is 78.8 Å². The van der Waals surface area contributed by atoms with Crippen LogP contribution in [0.15, 0.2) is 91.0 Å². The normalized spacial score (nSPS) is 23.4. The fraction of sp³-hybridized carbons (Fsp3) is 0.282. The van der Waals surface area contributed by atoms with E-state index in [2.05, 4.69) is 10.6 Å². The molecule has 4 amide bonds. The van der Waals surface area contributed by atoms with Gasteiger partial charge < -0.3 is 10.6 Å². The maximum Gasteiger partial charge on any atom is 0.255 e. The third kappa shape index (κ3) is 5.03. The van der Waals surface area contributed by atoms with Crippen LogP contribution in [0.5, 0.6) is 0 Å². The van der Waals surface area contributed by atoms with E-state index in [-0.39, 0.29) is 36.6 Å². The van der Waals surface area contributed by atoms with Crippen molar-refractivity contribution in [3.8, 4) is 0 Å². The SMILES string of the molecule is Cc1ccc(NC(=O)c2cccc(NC(=O)CCCCCN3C(=O)[C@H]4[C@H](C3=O)C3(Cl)c5ccccc5C4(Cl)c4ccccc43)c2)c(C)c1. The number of halogens is 2. The van der Waals surface area contributed by atoms with Gasteiger partial charge in [0, 0.05) is 29.9 Å². The van der Waals surface area contributed by atoms with Crippen LogP contribution >= 0.6 is 23.2 Å². The fourth-order valence-electron chi connectivity index (χ4n) is 7.79. The van der Waals surface area contributed by atoms with E-state index in [1.807, 2.05) is 80.6 Å². The molecule has 1 aliphatic heterocycles. The average Bonchev–Trinajstić information content (AvgIpc) is 3.34. The van der Waals surface area contributed by atoms with Crippen LogP contribution in [-0.4, -0.2) is 35.1 Å². The molecule has 9 heteroatoms. The van der Waals surface area contributed by atoms with Gasteiger partial charge in [0.2, 0.25) is 17.7 Å². The first kappa shape index (κ1) is 32.1. The van der Waals surface area contributed by atoms with Gasteiger partial charge in [-0.1, -0.05) is 78.7 Å². The summed E-state index contributed by atoms with van der Waals surface area (Å²) in [6, 6.07) is 27.8. The van der Waals surface area contributed by atoms with Crippen LogP contribution in [0.4, 0.5) is 11.4 Å². The lowest BCUT2D eigenvalue weighted by Crippen LogP contribution is -2.57. The van der Waals surface area contributed by atoms with E-state index < -0.39 is 21.6 Å². The minimum atomic E-state index is -1.19. The number of benzene rings is 4. The average molecular weight is 681 g/mol. The quantitative estimate of drug-likeness (QED) is 0.108. The molecule has 7 nitrogen and oxygen atoms in total. The highest BCUT2D eigenvalue weighted by atomic mass is 35.5. The van der Waals surface area contributed by atoms with Crippen molar-refractivity contribution in [1.29, 1.82) is 0 Å². The van der Waals surface area contributed by atoms with Crippen LogP contribution in [0.3, 0.4) is 0 Å². The van der Waals surface area contributed by atoms with E-state index in [1.54, 1.807) is 24.3 Å². The predicted octanol–water partition coefficient (Wildman–Crippen LogP) is 7.65. The number of nitrogens with one attached hydrogen (secondary N) is 2. The number of carbonyl (C=O) groups is 4. The van der Waals surface area contributed by atoms with E-state index in [1.165, 1.54) is 4.90 Å². The molecule has 8 rings (SSSR count). The molecule has 48 heavy (non-hydrogen) atoms. The molecular formula is C39H35Cl2N3O4. The predicted molar refractivity (Wildman–Crippen MR) is 187 cm³/mol. The number of likely N-dealkylation sites (tertiary alicyclic amines) is 1. The number of alkyl halides is 2. The molecule has 2 atom stereocenters. The molecule has 1 saturated heterocycles. The van der Waals surface area contributed by atoms with Crippen molar-refractivity contribution in [3.63, 3.8) is 0 Å². The third-order valence-corrected chi connectivity index (χ3v) is 11.3. The van der Waals surface area contributed by atoms with Gasteiger partial charge >= 0.3 is 0 Å². The smallest absolute Gasteiger partial charge is 0.255 e. The number of imide groups is 1. The van der Waals surface area contributed by atoms with Gasteiger partial charge in [-0.15, -0.1) is 23.2 Å². The number of nitrogens with zero attached hydrogens (tertiary/aromatic N) is 1. The summed E-state index contributed by atoms with van der Waals surface area (Å²) in [7, 11) is 0. The third-order valence-electron chi connectivity index (χ3n) is 10.0. The summed E-state index contributed by atoms with van der Waals surface area (Å²) in [5, 5.41) is 5.81. The Bertz CT molecular complexity index is 1870. The van der Waals surface area contributed by atoms with Gasteiger partial charge in [0.25, 0.3) is 5.91 Å². The van der Waals surface area contributed by atoms with Gasteiger partial charge in [0.05, 0.1) is 11.8 Å². The Hall–Kier alpha value is -4.46. The first-order valence-electron chi connectivity index (χ1n) is 16.3. The highest BCUT2D eigenvalue weighted by Gasteiger charge is 2.72. The van der Waals surface area contributed by atoms with Crippen LogP contribution in [0.1, 0.15) is 69.4 Å². The zero-order chi connectivity index (χ0) is 33.8. The number of aryl methyl sites for hydroxylation is 2. The molecule has 244 valence electrons. The van der Waals surface area contributed by atoms with E-state index in [4.69, 9.17) is 23.2 Å². The minimum absolute atomic E-state index is 0.179. The van der Waals surface area contributed by atoms with E-state index >= 15 is 0 Å². The van der Waals surface area contributed by atoms with E-state index in [9.17, 15) is 19.2 Å². The van der Waals surface area contributed by atoms with Gasteiger partial charge in [-0.3, -0.25) is 24.1 Å². The highest BCUT2D eigenvalue weighted by Crippen LogP contribution is 2.69. The molecule has 4 aliphatic rings. The molecule has 0 aromatic heterocycles. The van der Waals surface area contributed by atoms with E-state index in [0.717, 1.165) is 39.1 Å².